The van der Waals surface area contributed by atoms with Crippen molar-refractivity contribution in [2.75, 3.05) is 45.6 Å². The van der Waals surface area contributed by atoms with Gasteiger partial charge in [-0.15, -0.1) is 0 Å². The molecule has 2 heterocycles. The molecule has 29 heavy (non-hydrogen) atoms. The number of rotatable bonds is 9. The number of hydrogen-bond acceptors (Lipinski definition) is 6. The van der Waals surface area contributed by atoms with Crippen LogP contribution in [-0.2, 0) is 22.9 Å². The van der Waals surface area contributed by atoms with Crippen LogP contribution in [0.4, 0.5) is 0 Å². The normalized spacial score (nSPS) is 16.4. The third-order valence-corrected chi connectivity index (χ3v) is 6.04. The van der Waals surface area contributed by atoms with Crippen LogP contribution in [0.1, 0.15) is 19.5 Å². The number of para-hydroxylation sites is 1. The number of sulfone groups is 1. The predicted molar refractivity (Wildman–Crippen MR) is 114 cm³/mol. The summed E-state index contributed by atoms with van der Waals surface area (Å²) in [5.41, 5.74) is 0.972. The zero-order valence-corrected chi connectivity index (χ0v) is 18.4. The average molecular weight is 421 g/mol. The molecule has 2 aromatic rings. The van der Waals surface area contributed by atoms with Gasteiger partial charge in [0.1, 0.15) is 12.4 Å². The van der Waals surface area contributed by atoms with Gasteiger partial charge in [0.15, 0.2) is 0 Å². The molecule has 1 aromatic heterocycles. The van der Waals surface area contributed by atoms with Crippen LogP contribution in [0.3, 0.4) is 0 Å². The monoisotopic (exact) mass is 420 g/mol. The Morgan fingerprint density at radius 1 is 1.07 bits per heavy atom. The summed E-state index contributed by atoms with van der Waals surface area (Å²) in [7, 11) is -3.33. The molecule has 0 radical (unpaired) electrons. The Kier molecular flexibility index (Phi) is 7.32. The minimum Gasteiger partial charge on any atom is -0.492 e. The summed E-state index contributed by atoms with van der Waals surface area (Å²) in [5.74, 6) is 1.26. The number of imidazole rings is 1. The van der Waals surface area contributed by atoms with E-state index in [9.17, 15) is 8.42 Å². The van der Waals surface area contributed by atoms with Gasteiger partial charge in [-0.1, -0.05) is 32.0 Å². The van der Waals surface area contributed by atoms with Crippen molar-refractivity contribution in [1.29, 1.82) is 0 Å². The Balaban J connectivity index is 1.51. The van der Waals surface area contributed by atoms with Gasteiger partial charge in [-0.05, 0) is 18.1 Å². The van der Waals surface area contributed by atoms with Crippen molar-refractivity contribution in [3.8, 4) is 5.75 Å². The van der Waals surface area contributed by atoms with Crippen molar-refractivity contribution >= 4 is 9.84 Å². The van der Waals surface area contributed by atoms with E-state index in [-0.39, 0.29) is 5.16 Å². The molecule has 0 spiro atoms. The molecule has 160 valence electrons. The van der Waals surface area contributed by atoms with Crippen LogP contribution in [0.5, 0.6) is 5.75 Å². The average Bonchev–Trinajstić information content (AvgIpc) is 3.06. The third-order valence-electron chi connectivity index (χ3n) is 5.05. The summed E-state index contributed by atoms with van der Waals surface area (Å²) in [5, 5.41) is 0.179. The Bertz CT molecular complexity index is 873. The number of ether oxygens (including phenoxy) is 1. The van der Waals surface area contributed by atoms with E-state index in [2.05, 4.69) is 28.6 Å². The van der Waals surface area contributed by atoms with Crippen LogP contribution < -0.4 is 4.74 Å². The maximum atomic E-state index is 12.1. The molecule has 1 aliphatic rings. The van der Waals surface area contributed by atoms with Crippen LogP contribution >= 0.6 is 0 Å². The molecule has 1 saturated heterocycles. The highest BCUT2D eigenvalue weighted by Crippen LogP contribution is 2.17. The predicted octanol–water partition coefficient (Wildman–Crippen LogP) is 2.14. The van der Waals surface area contributed by atoms with Crippen LogP contribution in [0, 0.1) is 5.92 Å². The maximum absolute atomic E-state index is 12.1. The SMILES string of the molecule is CC(C)Cn1c(CN2CCN(CCOc3ccccc3)CC2)cnc1S(C)(=O)=O. The van der Waals surface area contributed by atoms with E-state index in [0.29, 0.717) is 19.1 Å². The van der Waals surface area contributed by atoms with Gasteiger partial charge in [0.2, 0.25) is 15.0 Å². The molecule has 0 unspecified atom stereocenters. The molecule has 1 aromatic carbocycles. The van der Waals surface area contributed by atoms with Gasteiger partial charge in [0.05, 0.1) is 11.9 Å². The minimum absolute atomic E-state index is 0.179. The molecular weight excluding hydrogens is 388 g/mol. The molecular formula is C21H32N4O3S. The molecule has 0 N–H and O–H groups in total. The highest BCUT2D eigenvalue weighted by molar-refractivity contribution is 7.90. The van der Waals surface area contributed by atoms with E-state index in [0.717, 1.165) is 50.7 Å². The summed E-state index contributed by atoms with van der Waals surface area (Å²) >= 11 is 0. The van der Waals surface area contributed by atoms with Gasteiger partial charge in [-0.25, -0.2) is 13.4 Å². The van der Waals surface area contributed by atoms with E-state index >= 15 is 0 Å². The maximum Gasteiger partial charge on any atom is 0.227 e. The highest BCUT2D eigenvalue weighted by Gasteiger charge is 2.22. The topological polar surface area (TPSA) is 67.7 Å². The lowest BCUT2D eigenvalue weighted by Crippen LogP contribution is -2.47. The quantitative estimate of drug-likeness (QED) is 0.619. The van der Waals surface area contributed by atoms with E-state index in [1.54, 1.807) is 6.20 Å². The van der Waals surface area contributed by atoms with Gasteiger partial charge in [-0.3, -0.25) is 9.80 Å². The lowest BCUT2D eigenvalue weighted by atomic mass is 10.2. The van der Waals surface area contributed by atoms with E-state index in [4.69, 9.17) is 4.74 Å². The standard InChI is InChI=1S/C21H32N4O3S/c1-18(2)16-25-19(15-22-21(25)29(3,26)27)17-24-11-9-23(10-12-24)13-14-28-20-7-5-4-6-8-20/h4-8,15,18H,9-14,16-17H2,1-3H3. The van der Waals surface area contributed by atoms with Crippen molar-refractivity contribution in [2.24, 2.45) is 5.92 Å². The molecule has 0 bridgehead atoms. The van der Waals surface area contributed by atoms with Gasteiger partial charge >= 0.3 is 0 Å². The van der Waals surface area contributed by atoms with Gasteiger partial charge < -0.3 is 9.30 Å². The fourth-order valence-corrected chi connectivity index (χ4v) is 4.42. The van der Waals surface area contributed by atoms with Crippen molar-refractivity contribution in [3.63, 3.8) is 0 Å². The second kappa shape index (κ2) is 9.73. The van der Waals surface area contributed by atoms with Crippen molar-refractivity contribution in [1.82, 2.24) is 19.4 Å². The fourth-order valence-electron chi connectivity index (χ4n) is 3.58. The first kappa shape index (κ1) is 21.8. The van der Waals surface area contributed by atoms with Gasteiger partial charge in [0.25, 0.3) is 0 Å². The third kappa shape index (κ3) is 6.29. The first-order chi connectivity index (χ1) is 13.8. The Labute approximate surface area is 174 Å². The summed E-state index contributed by atoms with van der Waals surface area (Å²) in [6, 6.07) is 9.89. The Morgan fingerprint density at radius 2 is 1.72 bits per heavy atom. The molecule has 0 amide bonds. The van der Waals surface area contributed by atoms with Gasteiger partial charge in [0, 0.05) is 52.1 Å². The second-order valence-corrected chi connectivity index (χ2v) is 10.00. The van der Waals surface area contributed by atoms with Crippen molar-refractivity contribution in [2.45, 2.75) is 32.1 Å². The first-order valence-electron chi connectivity index (χ1n) is 10.2. The molecule has 0 aliphatic carbocycles. The Hall–Kier alpha value is -1.90. The highest BCUT2D eigenvalue weighted by atomic mass is 32.2. The number of hydrogen-bond donors (Lipinski definition) is 0. The molecule has 1 fully saturated rings. The molecule has 8 heteroatoms. The zero-order chi connectivity index (χ0) is 20.9. The van der Waals surface area contributed by atoms with E-state index in [1.807, 2.05) is 34.9 Å². The van der Waals surface area contributed by atoms with Crippen molar-refractivity contribution < 1.29 is 13.2 Å². The zero-order valence-electron chi connectivity index (χ0n) is 17.6. The Morgan fingerprint density at radius 3 is 2.34 bits per heavy atom. The molecule has 1 aliphatic heterocycles. The van der Waals surface area contributed by atoms with Crippen molar-refractivity contribution in [3.05, 3.63) is 42.2 Å². The van der Waals surface area contributed by atoms with E-state index < -0.39 is 9.84 Å². The van der Waals surface area contributed by atoms with Crippen LogP contribution in [0.25, 0.3) is 0 Å². The smallest absolute Gasteiger partial charge is 0.227 e. The fraction of sp³-hybridized carbons (Fsp3) is 0.571. The number of aromatic nitrogens is 2. The molecule has 0 atom stereocenters. The van der Waals surface area contributed by atoms with Crippen LogP contribution in [0.2, 0.25) is 0 Å². The summed E-state index contributed by atoms with van der Waals surface area (Å²) in [6.45, 7) is 11.0. The van der Waals surface area contributed by atoms with Gasteiger partial charge in [-0.2, -0.15) is 0 Å². The number of benzene rings is 1. The molecule has 3 rings (SSSR count). The van der Waals surface area contributed by atoms with E-state index in [1.165, 1.54) is 6.26 Å². The summed E-state index contributed by atoms with van der Waals surface area (Å²) < 4.78 is 31.8. The largest absolute Gasteiger partial charge is 0.492 e. The molecule has 0 saturated carbocycles. The van der Waals surface area contributed by atoms with Crippen LogP contribution in [0.15, 0.2) is 41.7 Å². The first-order valence-corrected chi connectivity index (χ1v) is 12.1. The number of nitrogens with zero attached hydrogens (tertiary/aromatic N) is 4. The lowest BCUT2D eigenvalue weighted by Gasteiger charge is -2.34. The minimum atomic E-state index is -3.33. The van der Waals surface area contributed by atoms with Crippen LogP contribution in [-0.4, -0.2) is 73.4 Å². The summed E-state index contributed by atoms with van der Waals surface area (Å²) in [4.78, 5) is 8.99. The second-order valence-electron chi connectivity index (χ2n) is 8.09. The molecule has 7 nitrogen and oxygen atoms in total. The lowest BCUT2D eigenvalue weighted by molar-refractivity contribution is 0.110. The number of piperazine rings is 1. The summed E-state index contributed by atoms with van der Waals surface area (Å²) in [6.07, 6.45) is 2.95.